The van der Waals surface area contributed by atoms with E-state index in [1.165, 1.54) is 6.07 Å². The van der Waals surface area contributed by atoms with Gasteiger partial charge >= 0.3 is 6.18 Å². The van der Waals surface area contributed by atoms with Crippen molar-refractivity contribution < 1.29 is 22.6 Å². The Hall–Kier alpha value is -2.21. The number of ether oxygens (including phenoxy) is 2. The SMILES string of the molecule is FC(F)(F)c1cc(Oc2ccccc2)cc(OC2CC3CCC(C2)N3)c1. The highest BCUT2D eigenvalue weighted by Gasteiger charge is 2.35. The smallest absolute Gasteiger partial charge is 0.416 e. The normalized spacial score (nSPS) is 25.1. The second-order valence-corrected chi connectivity index (χ2v) is 6.96. The topological polar surface area (TPSA) is 30.5 Å². The molecular formula is C20H20F3NO2. The van der Waals surface area contributed by atoms with Crippen molar-refractivity contribution in [3.63, 3.8) is 0 Å². The predicted molar refractivity (Wildman–Crippen MR) is 91.6 cm³/mol. The van der Waals surface area contributed by atoms with Gasteiger partial charge < -0.3 is 14.8 Å². The molecule has 1 N–H and O–H groups in total. The van der Waals surface area contributed by atoms with Crippen molar-refractivity contribution in [2.24, 2.45) is 0 Å². The van der Waals surface area contributed by atoms with Crippen molar-refractivity contribution in [3.05, 3.63) is 54.1 Å². The predicted octanol–water partition coefficient (Wildman–Crippen LogP) is 5.16. The zero-order valence-corrected chi connectivity index (χ0v) is 14.1. The first-order valence-electron chi connectivity index (χ1n) is 8.83. The van der Waals surface area contributed by atoms with Gasteiger partial charge in [0.25, 0.3) is 0 Å². The van der Waals surface area contributed by atoms with Crippen molar-refractivity contribution in [2.75, 3.05) is 0 Å². The molecule has 0 saturated carbocycles. The number of fused-ring (bicyclic) bond motifs is 2. The van der Waals surface area contributed by atoms with Crippen molar-refractivity contribution in [1.29, 1.82) is 0 Å². The lowest BCUT2D eigenvalue weighted by atomic mass is 10.0. The Bertz CT molecular complexity index is 751. The first kappa shape index (κ1) is 17.2. The zero-order chi connectivity index (χ0) is 18.1. The highest BCUT2D eigenvalue weighted by molar-refractivity contribution is 5.42. The molecule has 2 aliphatic rings. The summed E-state index contributed by atoms with van der Waals surface area (Å²) in [6.45, 7) is 0. The minimum Gasteiger partial charge on any atom is -0.490 e. The van der Waals surface area contributed by atoms with Gasteiger partial charge in [-0.2, -0.15) is 13.2 Å². The molecule has 0 aromatic heterocycles. The molecule has 0 radical (unpaired) electrons. The largest absolute Gasteiger partial charge is 0.490 e. The van der Waals surface area contributed by atoms with Crippen LogP contribution in [0, 0.1) is 0 Å². The van der Waals surface area contributed by atoms with Crippen molar-refractivity contribution >= 4 is 0 Å². The van der Waals surface area contributed by atoms with Gasteiger partial charge in [-0.15, -0.1) is 0 Å². The van der Waals surface area contributed by atoms with E-state index >= 15 is 0 Å². The molecule has 2 atom stereocenters. The van der Waals surface area contributed by atoms with E-state index in [4.69, 9.17) is 9.47 Å². The Balaban J connectivity index is 1.57. The van der Waals surface area contributed by atoms with E-state index in [-0.39, 0.29) is 17.6 Å². The maximum atomic E-state index is 13.3. The molecule has 138 valence electrons. The van der Waals surface area contributed by atoms with Gasteiger partial charge in [0.2, 0.25) is 0 Å². The maximum absolute atomic E-state index is 13.3. The Kier molecular flexibility index (Phi) is 4.53. The summed E-state index contributed by atoms with van der Waals surface area (Å²) in [4.78, 5) is 0. The van der Waals surface area contributed by atoms with Gasteiger partial charge in [0.15, 0.2) is 0 Å². The molecule has 2 aliphatic heterocycles. The van der Waals surface area contributed by atoms with Crippen LogP contribution in [0.3, 0.4) is 0 Å². The van der Waals surface area contributed by atoms with Crippen LogP contribution >= 0.6 is 0 Å². The molecule has 0 spiro atoms. The molecule has 6 heteroatoms. The van der Waals surface area contributed by atoms with Gasteiger partial charge in [0, 0.05) is 18.2 Å². The van der Waals surface area contributed by atoms with Gasteiger partial charge in [-0.05, 0) is 49.9 Å². The average Bonchev–Trinajstić information content (AvgIpc) is 2.93. The molecule has 2 saturated heterocycles. The molecule has 2 aromatic carbocycles. The van der Waals surface area contributed by atoms with Crippen LogP contribution in [-0.2, 0) is 6.18 Å². The zero-order valence-electron chi connectivity index (χ0n) is 14.1. The molecule has 0 aliphatic carbocycles. The minimum atomic E-state index is -4.46. The van der Waals surface area contributed by atoms with E-state index in [1.807, 2.05) is 6.07 Å². The van der Waals surface area contributed by atoms with Gasteiger partial charge in [0.05, 0.1) is 5.56 Å². The first-order chi connectivity index (χ1) is 12.5. The Morgan fingerprint density at radius 1 is 0.846 bits per heavy atom. The van der Waals surface area contributed by atoms with Gasteiger partial charge in [-0.1, -0.05) is 18.2 Å². The standard InChI is InChI=1S/C20H20F3NO2/c21-20(22,23)13-8-17(25-16-4-2-1-3-5-16)12-18(9-13)26-19-10-14-6-7-15(11-19)24-14/h1-5,8-9,12,14-15,19,24H,6-7,10-11H2. The third kappa shape index (κ3) is 3.96. The van der Waals surface area contributed by atoms with E-state index < -0.39 is 11.7 Å². The first-order valence-corrected chi connectivity index (χ1v) is 8.83. The summed E-state index contributed by atoms with van der Waals surface area (Å²) in [5, 5.41) is 3.50. The number of piperidine rings is 1. The molecule has 2 aromatic rings. The van der Waals surface area contributed by atoms with Crippen LogP contribution in [0.25, 0.3) is 0 Å². The van der Waals surface area contributed by atoms with E-state index in [2.05, 4.69) is 5.32 Å². The van der Waals surface area contributed by atoms with E-state index in [1.54, 1.807) is 24.3 Å². The minimum absolute atomic E-state index is 0.0678. The van der Waals surface area contributed by atoms with Crippen LogP contribution in [0.4, 0.5) is 13.2 Å². The molecule has 4 rings (SSSR count). The number of para-hydroxylation sites is 1. The number of alkyl halides is 3. The van der Waals surface area contributed by atoms with Gasteiger partial charge in [0.1, 0.15) is 23.4 Å². The number of nitrogens with one attached hydrogen (secondary N) is 1. The monoisotopic (exact) mass is 363 g/mol. The molecule has 3 nitrogen and oxygen atoms in total. The molecule has 26 heavy (non-hydrogen) atoms. The van der Waals surface area contributed by atoms with E-state index in [9.17, 15) is 13.2 Å². The van der Waals surface area contributed by atoms with Crippen LogP contribution in [0.2, 0.25) is 0 Å². The third-order valence-corrected chi connectivity index (χ3v) is 4.92. The lowest BCUT2D eigenvalue weighted by molar-refractivity contribution is -0.137. The fourth-order valence-corrected chi connectivity index (χ4v) is 3.78. The number of hydrogen-bond acceptors (Lipinski definition) is 3. The molecular weight excluding hydrogens is 343 g/mol. The van der Waals surface area contributed by atoms with Gasteiger partial charge in [-0.3, -0.25) is 0 Å². The Morgan fingerprint density at radius 3 is 2.15 bits per heavy atom. The second kappa shape index (κ2) is 6.83. The third-order valence-electron chi connectivity index (χ3n) is 4.92. The molecule has 2 heterocycles. The van der Waals surface area contributed by atoms with Crippen molar-refractivity contribution in [1.82, 2.24) is 5.32 Å². The summed E-state index contributed by atoms with van der Waals surface area (Å²) in [6, 6.07) is 13.2. The summed E-state index contributed by atoms with van der Waals surface area (Å²) in [6.07, 6.45) is -0.669. The Morgan fingerprint density at radius 2 is 1.50 bits per heavy atom. The molecule has 0 amide bonds. The lowest BCUT2D eigenvalue weighted by Gasteiger charge is -2.29. The summed E-state index contributed by atoms with van der Waals surface area (Å²) in [5.41, 5.74) is -0.766. The van der Waals surface area contributed by atoms with Gasteiger partial charge in [-0.25, -0.2) is 0 Å². The van der Waals surface area contributed by atoms with Crippen molar-refractivity contribution in [3.8, 4) is 17.2 Å². The lowest BCUT2D eigenvalue weighted by Crippen LogP contribution is -2.42. The molecule has 2 unspecified atom stereocenters. The van der Waals surface area contributed by atoms with Crippen molar-refractivity contribution in [2.45, 2.75) is 50.0 Å². The summed E-state index contributed by atoms with van der Waals surface area (Å²) in [5.74, 6) is 0.813. The van der Waals surface area contributed by atoms with Crippen LogP contribution in [0.5, 0.6) is 17.2 Å². The average molecular weight is 363 g/mol. The quantitative estimate of drug-likeness (QED) is 0.814. The fourth-order valence-electron chi connectivity index (χ4n) is 3.78. The number of rotatable bonds is 4. The van der Waals surface area contributed by atoms with Crippen LogP contribution < -0.4 is 14.8 Å². The highest BCUT2D eigenvalue weighted by atomic mass is 19.4. The molecule has 2 fully saturated rings. The molecule has 2 bridgehead atoms. The Labute approximate surface area is 150 Å². The van der Waals surface area contributed by atoms with E-state index in [0.717, 1.165) is 37.8 Å². The van der Waals surface area contributed by atoms with Crippen LogP contribution in [-0.4, -0.2) is 18.2 Å². The maximum Gasteiger partial charge on any atom is 0.416 e. The number of benzene rings is 2. The van der Waals surface area contributed by atoms with E-state index in [0.29, 0.717) is 17.8 Å². The van der Waals surface area contributed by atoms with Crippen LogP contribution in [0.1, 0.15) is 31.2 Å². The highest BCUT2D eigenvalue weighted by Crippen LogP contribution is 2.38. The summed E-state index contributed by atoms with van der Waals surface area (Å²) in [7, 11) is 0. The van der Waals surface area contributed by atoms with Crippen LogP contribution in [0.15, 0.2) is 48.5 Å². The number of halogens is 3. The number of hydrogen-bond donors (Lipinski definition) is 1. The second-order valence-electron chi connectivity index (χ2n) is 6.96. The fraction of sp³-hybridized carbons (Fsp3) is 0.400. The summed E-state index contributed by atoms with van der Waals surface area (Å²) < 4.78 is 51.4. The summed E-state index contributed by atoms with van der Waals surface area (Å²) >= 11 is 0.